The first-order valence-electron chi connectivity index (χ1n) is 11.6. The Morgan fingerprint density at radius 1 is 1.00 bits per heavy atom. The van der Waals surface area contributed by atoms with Gasteiger partial charge in [-0.3, -0.25) is 25.0 Å². The van der Waals surface area contributed by atoms with Crippen LogP contribution in [-0.2, 0) is 6.54 Å². The lowest BCUT2D eigenvalue weighted by molar-refractivity contribution is -0.384. The van der Waals surface area contributed by atoms with E-state index in [9.17, 15) is 14.9 Å². The summed E-state index contributed by atoms with van der Waals surface area (Å²) in [6, 6.07) is 20.8. The second-order valence-electron chi connectivity index (χ2n) is 8.50. The molecule has 3 aromatic carbocycles. The maximum absolute atomic E-state index is 13.6. The largest absolute Gasteiger partial charge is 0.497 e. The van der Waals surface area contributed by atoms with E-state index in [4.69, 9.17) is 9.73 Å². The van der Waals surface area contributed by atoms with Crippen LogP contribution >= 0.6 is 0 Å². The summed E-state index contributed by atoms with van der Waals surface area (Å²) in [5.74, 6) is 0.685. The summed E-state index contributed by atoms with van der Waals surface area (Å²) < 4.78 is 8.50. The lowest BCUT2D eigenvalue weighted by atomic mass is 10.0. The predicted molar refractivity (Wildman–Crippen MR) is 142 cm³/mol. The Balaban J connectivity index is 1.55. The van der Waals surface area contributed by atoms with Gasteiger partial charge in [0, 0.05) is 24.2 Å². The van der Waals surface area contributed by atoms with Crippen molar-refractivity contribution in [2.45, 2.75) is 13.5 Å². The van der Waals surface area contributed by atoms with Crippen LogP contribution in [0.25, 0.3) is 16.9 Å². The number of aliphatic imine (C=N–C) groups is 1. The number of hydrogen-bond donors (Lipinski definition) is 1. The Kier molecular flexibility index (Phi) is 6.64. The molecule has 1 N–H and O–H groups in total. The summed E-state index contributed by atoms with van der Waals surface area (Å²) in [7, 11) is 1.59. The van der Waals surface area contributed by atoms with E-state index in [2.05, 4.69) is 15.3 Å². The van der Waals surface area contributed by atoms with Crippen LogP contribution in [0.3, 0.4) is 0 Å². The molecule has 0 aliphatic heterocycles. The lowest BCUT2D eigenvalue weighted by Crippen LogP contribution is -2.19. The van der Waals surface area contributed by atoms with Gasteiger partial charge in [0.1, 0.15) is 18.4 Å². The number of nitrogens with zero attached hydrogens (tertiary/aromatic N) is 6. The summed E-state index contributed by atoms with van der Waals surface area (Å²) in [6.07, 6.45) is 3.30. The first-order valence-corrected chi connectivity index (χ1v) is 11.6. The Morgan fingerprint density at radius 3 is 2.26 bits per heavy atom. The smallest absolute Gasteiger partial charge is 0.280 e. The van der Waals surface area contributed by atoms with Crippen molar-refractivity contribution in [1.29, 1.82) is 0 Å². The highest BCUT2D eigenvalue weighted by Crippen LogP contribution is 2.26. The molecule has 5 aromatic rings. The number of benzene rings is 3. The molecule has 190 valence electrons. The van der Waals surface area contributed by atoms with E-state index in [1.807, 2.05) is 53.1 Å². The van der Waals surface area contributed by atoms with Crippen molar-refractivity contribution in [3.05, 3.63) is 117 Å². The van der Waals surface area contributed by atoms with Gasteiger partial charge in [0.2, 0.25) is 0 Å². The van der Waals surface area contributed by atoms with E-state index in [-0.39, 0.29) is 11.2 Å². The van der Waals surface area contributed by atoms with Crippen LogP contribution in [0.1, 0.15) is 18.1 Å². The van der Waals surface area contributed by atoms with Gasteiger partial charge in [-0.2, -0.15) is 0 Å². The first-order chi connectivity index (χ1) is 18.4. The summed E-state index contributed by atoms with van der Waals surface area (Å²) in [5.41, 5.74) is 4.07. The lowest BCUT2D eigenvalue weighted by Gasteiger charge is -2.06. The van der Waals surface area contributed by atoms with Gasteiger partial charge in [-0.15, -0.1) is 10.2 Å². The van der Waals surface area contributed by atoms with Gasteiger partial charge in [0.25, 0.3) is 11.2 Å². The fraction of sp³-hybridized carbons (Fsp3) is 0.111. The number of nitrogens with one attached hydrogen (secondary N) is 1. The zero-order valence-corrected chi connectivity index (χ0v) is 20.6. The Hall–Kier alpha value is -5.32. The van der Waals surface area contributed by atoms with Crippen molar-refractivity contribution >= 4 is 17.1 Å². The molecule has 2 aromatic heterocycles. The number of H-pyrrole nitrogens is 1. The summed E-state index contributed by atoms with van der Waals surface area (Å²) in [6.45, 7) is 2.41. The van der Waals surface area contributed by atoms with Crippen molar-refractivity contribution < 1.29 is 9.66 Å². The molecular formula is C27H23N7O4. The molecule has 0 aliphatic carbocycles. The van der Waals surface area contributed by atoms with Gasteiger partial charge in [-0.1, -0.05) is 12.1 Å². The third kappa shape index (κ3) is 4.98. The van der Waals surface area contributed by atoms with E-state index < -0.39 is 4.92 Å². The number of non-ortho nitro benzene ring substituents is 1. The van der Waals surface area contributed by atoms with Gasteiger partial charge < -0.3 is 9.30 Å². The summed E-state index contributed by atoms with van der Waals surface area (Å²) in [5, 5.41) is 21.9. The third-order valence-electron chi connectivity index (χ3n) is 6.01. The molecule has 11 heteroatoms. The van der Waals surface area contributed by atoms with Crippen molar-refractivity contribution in [3.8, 4) is 22.7 Å². The van der Waals surface area contributed by atoms with Gasteiger partial charge in [-0.05, 0) is 61.0 Å². The van der Waals surface area contributed by atoms with Crippen LogP contribution < -0.4 is 10.3 Å². The minimum Gasteiger partial charge on any atom is -0.497 e. The van der Waals surface area contributed by atoms with Crippen molar-refractivity contribution in [2.24, 2.45) is 4.99 Å². The minimum absolute atomic E-state index is 0.0607. The van der Waals surface area contributed by atoms with Crippen LogP contribution in [-0.4, -0.2) is 42.3 Å². The Morgan fingerprint density at radius 2 is 1.66 bits per heavy atom. The number of hydrogen-bond acceptors (Lipinski definition) is 7. The topological polar surface area (TPSA) is 133 Å². The number of ether oxygens (including phenoxy) is 1. The quantitative estimate of drug-likeness (QED) is 0.186. The fourth-order valence-corrected chi connectivity index (χ4v) is 4.08. The van der Waals surface area contributed by atoms with Gasteiger partial charge >= 0.3 is 0 Å². The van der Waals surface area contributed by atoms with E-state index in [1.165, 1.54) is 28.9 Å². The Labute approximate surface area is 216 Å². The van der Waals surface area contributed by atoms with Crippen molar-refractivity contribution in [3.63, 3.8) is 0 Å². The molecule has 0 amide bonds. The zero-order chi connectivity index (χ0) is 26.6. The van der Waals surface area contributed by atoms with Crippen LogP contribution in [0.5, 0.6) is 5.75 Å². The third-order valence-corrected chi connectivity index (χ3v) is 6.01. The number of aromatic nitrogens is 5. The highest BCUT2D eigenvalue weighted by atomic mass is 16.6. The molecule has 0 atom stereocenters. The molecule has 0 aliphatic rings. The molecule has 0 unspecified atom stereocenters. The van der Waals surface area contributed by atoms with Crippen molar-refractivity contribution in [1.82, 2.24) is 24.5 Å². The first kappa shape index (κ1) is 24.4. The molecular weight excluding hydrogens is 486 g/mol. The van der Waals surface area contributed by atoms with Crippen LogP contribution in [0, 0.1) is 10.1 Å². The molecule has 0 saturated heterocycles. The SMILES string of the molecule is COc1ccc(-c2[nH]n(-c3ccc([N+](=O)[O-])cc3)c(=O)c2C(C)=Nc2ccc(Cn3cnnc3)cc2)cc1. The molecule has 2 heterocycles. The highest BCUT2D eigenvalue weighted by Gasteiger charge is 2.20. The van der Waals surface area contributed by atoms with E-state index >= 15 is 0 Å². The van der Waals surface area contributed by atoms with Gasteiger partial charge in [-0.25, -0.2) is 4.68 Å². The number of rotatable bonds is 8. The maximum atomic E-state index is 13.6. The molecule has 0 fully saturated rings. The monoisotopic (exact) mass is 509 g/mol. The second-order valence-corrected chi connectivity index (χ2v) is 8.50. The van der Waals surface area contributed by atoms with Crippen LogP contribution in [0.2, 0.25) is 0 Å². The molecule has 5 rings (SSSR count). The number of methoxy groups -OCH3 is 1. The minimum atomic E-state index is -0.482. The predicted octanol–water partition coefficient (Wildman–Crippen LogP) is 4.53. The van der Waals surface area contributed by atoms with Gasteiger partial charge in [0.05, 0.1) is 40.4 Å². The summed E-state index contributed by atoms with van der Waals surface area (Å²) >= 11 is 0. The standard InChI is InChI=1S/C27H23N7O4/c1-18(30-21-7-3-19(4-8-21)15-32-16-28-29-17-32)25-26(20-5-13-24(38-2)14-6-20)31-33(27(25)35)22-9-11-23(12-10-22)34(36)37/h3-14,16-17,31H,15H2,1-2H3. The number of nitro benzene ring substituents is 1. The fourth-order valence-electron chi connectivity index (χ4n) is 4.08. The number of nitro groups is 1. The highest BCUT2D eigenvalue weighted by molar-refractivity contribution is 6.04. The molecule has 0 bridgehead atoms. The average Bonchev–Trinajstić information content (AvgIpc) is 3.57. The second kappa shape index (κ2) is 10.3. The normalized spacial score (nSPS) is 11.5. The average molecular weight is 510 g/mol. The number of aromatic amines is 1. The molecule has 0 spiro atoms. The molecule has 38 heavy (non-hydrogen) atoms. The molecule has 0 radical (unpaired) electrons. The van der Waals surface area contributed by atoms with Gasteiger partial charge in [0.15, 0.2) is 0 Å². The van der Waals surface area contributed by atoms with Crippen molar-refractivity contribution in [2.75, 3.05) is 7.11 Å². The maximum Gasteiger partial charge on any atom is 0.280 e. The summed E-state index contributed by atoms with van der Waals surface area (Å²) in [4.78, 5) is 29.0. The Bertz CT molecular complexity index is 1650. The van der Waals surface area contributed by atoms with E-state index in [0.29, 0.717) is 40.6 Å². The van der Waals surface area contributed by atoms with E-state index in [1.54, 1.807) is 26.7 Å². The molecule has 0 saturated carbocycles. The van der Waals surface area contributed by atoms with Crippen LogP contribution in [0.4, 0.5) is 11.4 Å². The van der Waals surface area contributed by atoms with Crippen LogP contribution in [0.15, 0.2) is 95.2 Å². The van der Waals surface area contributed by atoms with E-state index in [0.717, 1.165) is 11.1 Å². The zero-order valence-electron chi connectivity index (χ0n) is 20.6. The molecule has 11 nitrogen and oxygen atoms in total.